The van der Waals surface area contributed by atoms with Crippen molar-refractivity contribution in [1.82, 2.24) is 0 Å². The topological polar surface area (TPSA) is 18.5 Å². The lowest BCUT2D eigenvalue weighted by atomic mass is 9.67. The Kier molecular flexibility index (Phi) is 3.94. The van der Waals surface area contributed by atoms with Gasteiger partial charge in [0, 0.05) is 33.3 Å². The molecule has 2 heteroatoms. The molecule has 0 aromatic carbocycles. The van der Waals surface area contributed by atoms with Crippen LogP contribution in [0.1, 0.15) is 41.0 Å². The minimum Gasteiger partial charge on any atom is -0.468 e. The summed E-state index contributed by atoms with van der Waals surface area (Å²) in [6.07, 6.45) is 8.62. The highest BCUT2D eigenvalue weighted by Crippen LogP contribution is 2.44. The Hall–Kier alpha value is -0.940. The molecular formula is C15H24O2. The minimum absolute atomic E-state index is 0.0715. The molecule has 2 atom stereocenters. The van der Waals surface area contributed by atoms with E-state index in [1.807, 2.05) is 13.8 Å². The van der Waals surface area contributed by atoms with Gasteiger partial charge in [0.15, 0.2) is 0 Å². The lowest BCUT2D eigenvalue weighted by Crippen LogP contribution is -2.35. The predicted octanol–water partition coefficient (Wildman–Crippen LogP) is 3.58. The summed E-state index contributed by atoms with van der Waals surface area (Å²) >= 11 is 0. The third kappa shape index (κ3) is 3.26. The van der Waals surface area contributed by atoms with E-state index in [4.69, 9.17) is 15.9 Å². The van der Waals surface area contributed by atoms with E-state index in [-0.39, 0.29) is 11.3 Å². The van der Waals surface area contributed by atoms with Gasteiger partial charge in [-0.05, 0) is 17.4 Å². The van der Waals surface area contributed by atoms with Crippen LogP contribution in [0.4, 0.5) is 0 Å². The maximum absolute atomic E-state index is 5.90. The molecule has 0 fully saturated rings. The van der Waals surface area contributed by atoms with Crippen LogP contribution in [0.2, 0.25) is 0 Å². The number of terminal acetylenes is 1. The summed E-state index contributed by atoms with van der Waals surface area (Å²) in [5.41, 5.74) is 0.0715. The van der Waals surface area contributed by atoms with Gasteiger partial charge in [-0.3, -0.25) is 0 Å². The number of allylic oxidation sites excluding steroid dienone is 2. The highest BCUT2D eigenvalue weighted by molar-refractivity contribution is 5.16. The second-order valence-electron chi connectivity index (χ2n) is 6.01. The quantitative estimate of drug-likeness (QED) is 0.551. The Bertz CT molecular complexity index is 344. The van der Waals surface area contributed by atoms with Crippen LogP contribution >= 0.6 is 0 Å². The van der Waals surface area contributed by atoms with Crippen molar-refractivity contribution in [2.75, 3.05) is 7.11 Å². The molecule has 0 aromatic rings. The second kappa shape index (κ2) is 4.74. The maximum Gasteiger partial charge on any atom is 0.204 e. The van der Waals surface area contributed by atoms with Crippen molar-refractivity contribution >= 4 is 0 Å². The normalized spacial score (nSPS) is 28.2. The molecule has 0 N–H and O–H groups in total. The van der Waals surface area contributed by atoms with Crippen molar-refractivity contribution in [3.05, 3.63) is 11.8 Å². The Morgan fingerprint density at radius 1 is 1.47 bits per heavy atom. The van der Waals surface area contributed by atoms with E-state index in [9.17, 15) is 0 Å². The molecule has 0 heterocycles. The number of methoxy groups -OCH3 is 1. The van der Waals surface area contributed by atoms with Gasteiger partial charge in [0.2, 0.25) is 5.79 Å². The van der Waals surface area contributed by atoms with Crippen LogP contribution in [0, 0.1) is 29.6 Å². The fourth-order valence-corrected chi connectivity index (χ4v) is 2.52. The van der Waals surface area contributed by atoms with Crippen molar-refractivity contribution in [3.63, 3.8) is 0 Å². The van der Waals surface area contributed by atoms with Crippen LogP contribution in [0.25, 0.3) is 0 Å². The molecule has 0 aliphatic heterocycles. The lowest BCUT2D eigenvalue weighted by Gasteiger charge is -2.40. The summed E-state index contributed by atoms with van der Waals surface area (Å²) in [6.45, 7) is 10.4. The zero-order valence-corrected chi connectivity index (χ0v) is 11.8. The average Bonchev–Trinajstić information content (AvgIpc) is 2.15. The highest BCUT2D eigenvalue weighted by atomic mass is 16.7. The van der Waals surface area contributed by atoms with Gasteiger partial charge in [-0.25, -0.2) is 0 Å². The van der Waals surface area contributed by atoms with Crippen LogP contribution in [0.15, 0.2) is 11.8 Å². The van der Waals surface area contributed by atoms with E-state index in [0.717, 1.165) is 12.2 Å². The largest absolute Gasteiger partial charge is 0.468 e. The first kappa shape index (κ1) is 14.1. The molecule has 2 nitrogen and oxygen atoms in total. The molecule has 1 aliphatic rings. The van der Waals surface area contributed by atoms with Crippen molar-refractivity contribution in [2.45, 2.75) is 46.8 Å². The molecule has 0 radical (unpaired) electrons. The molecule has 96 valence electrons. The van der Waals surface area contributed by atoms with Gasteiger partial charge < -0.3 is 9.47 Å². The first-order chi connectivity index (χ1) is 7.72. The van der Waals surface area contributed by atoms with Crippen molar-refractivity contribution < 1.29 is 9.47 Å². The van der Waals surface area contributed by atoms with E-state index in [0.29, 0.717) is 5.92 Å². The number of ether oxygens (including phenoxy) is 2. The minimum atomic E-state index is -0.579. The molecule has 0 saturated carbocycles. The first-order valence-electron chi connectivity index (χ1n) is 6.13. The molecule has 1 rings (SSSR count). The summed E-state index contributed by atoms with van der Waals surface area (Å²) in [4.78, 5) is 0. The number of hydrogen-bond acceptors (Lipinski definition) is 2. The van der Waals surface area contributed by atoms with Crippen LogP contribution in [0.3, 0.4) is 0 Å². The van der Waals surface area contributed by atoms with Crippen molar-refractivity contribution in [2.24, 2.45) is 17.3 Å². The fraction of sp³-hybridized carbons (Fsp3) is 0.733. The van der Waals surface area contributed by atoms with E-state index < -0.39 is 5.79 Å². The highest BCUT2D eigenvalue weighted by Gasteiger charge is 2.38. The Morgan fingerprint density at radius 3 is 2.47 bits per heavy atom. The van der Waals surface area contributed by atoms with Crippen LogP contribution in [-0.4, -0.2) is 12.9 Å². The van der Waals surface area contributed by atoms with Crippen molar-refractivity contribution in [3.8, 4) is 12.3 Å². The summed E-state index contributed by atoms with van der Waals surface area (Å²) < 4.78 is 11.2. The standard InChI is InChI=1S/C15H24O2/c1-8-13-11(2)9-12(10-14(13,3)4)17-15(5,6)16-7/h1,9,11,13H,10H2,2-7H3/t11?,13-/m1/s1. The molecule has 1 unspecified atom stereocenters. The lowest BCUT2D eigenvalue weighted by molar-refractivity contribution is -0.177. The van der Waals surface area contributed by atoms with Gasteiger partial charge in [0.1, 0.15) is 0 Å². The average molecular weight is 236 g/mol. The van der Waals surface area contributed by atoms with Gasteiger partial charge >= 0.3 is 0 Å². The summed E-state index contributed by atoms with van der Waals surface area (Å²) in [6, 6.07) is 0. The third-order valence-electron chi connectivity index (χ3n) is 3.49. The third-order valence-corrected chi connectivity index (χ3v) is 3.49. The van der Waals surface area contributed by atoms with E-state index in [1.54, 1.807) is 7.11 Å². The second-order valence-corrected chi connectivity index (χ2v) is 6.01. The van der Waals surface area contributed by atoms with E-state index in [2.05, 4.69) is 32.8 Å². The molecule has 1 aliphatic carbocycles. The molecule has 0 amide bonds. The zero-order valence-electron chi connectivity index (χ0n) is 11.8. The van der Waals surface area contributed by atoms with Crippen molar-refractivity contribution in [1.29, 1.82) is 0 Å². The number of hydrogen-bond donors (Lipinski definition) is 0. The molecule has 0 bridgehead atoms. The summed E-state index contributed by atoms with van der Waals surface area (Å²) in [5.74, 6) is 3.92. The van der Waals surface area contributed by atoms with Gasteiger partial charge in [-0.2, -0.15) is 0 Å². The Balaban J connectivity index is 2.89. The van der Waals surface area contributed by atoms with Gasteiger partial charge in [-0.15, -0.1) is 12.3 Å². The summed E-state index contributed by atoms with van der Waals surface area (Å²) in [5, 5.41) is 0. The predicted molar refractivity (Wildman–Crippen MR) is 70.1 cm³/mol. The van der Waals surface area contributed by atoms with E-state index in [1.165, 1.54) is 0 Å². The molecule has 0 aromatic heterocycles. The Labute approximate surface area is 105 Å². The van der Waals surface area contributed by atoms with Gasteiger partial charge in [0.05, 0.1) is 5.76 Å². The maximum atomic E-state index is 5.90. The Morgan fingerprint density at radius 2 is 2.06 bits per heavy atom. The first-order valence-corrected chi connectivity index (χ1v) is 6.13. The fourth-order valence-electron chi connectivity index (χ4n) is 2.52. The van der Waals surface area contributed by atoms with E-state index >= 15 is 0 Å². The number of rotatable bonds is 3. The van der Waals surface area contributed by atoms with Crippen LogP contribution < -0.4 is 0 Å². The smallest absolute Gasteiger partial charge is 0.204 e. The monoisotopic (exact) mass is 236 g/mol. The molecular weight excluding hydrogens is 212 g/mol. The van der Waals surface area contributed by atoms with Crippen LogP contribution in [-0.2, 0) is 9.47 Å². The van der Waals surface area contributed by atoms with Gasteiger partial charge in [0.25, 0.3) is 0 Å². The van der Waals surface area contributed by atoms with Gasteiger partial charge in [-0.1, -0.05) is 20.8 Å². The SMILES string of the molecule is C#C[C@@H]1C(C)C=C(OC(C)(C)OC)CC1(C)C. The zero-order chi connectivity index (χ0) is 13.3. The molecule has 0 spiro atoms. The molecule has 17 heavy (non-hydrogen) atoms. The summed E-state index contributed by atoms with van der Waals surface area (Å²) in [7, 11) is 1.65. The van der Waals surface area contributed by atoms with Crippen LogP contribution in [0.5, 0.6) is 0 Å². The molecule has 0 saturated heterocycles.